The fourth-order valence-electron chi connectivity index (χ4n) is 7.67. The van der Waals surface area contributed by atoms with E-state index in [9.17, 15) is 76.3 Å². The molecule has 0 spiro atoms. The van der Waals surface area contributed by atoms with Gasteiger partial charge in [-0.15, -0.1) is 0 Å². The lowest BCUT2D eigenvalue weighted by Crippen LogP contribution is -2.67. The number of phenols is 3. The molecule has 20 unspecified atom stereocenters. The summed E-state index contributed by atoms with van der Waals surface area (Å²) in [5, 5.41) is 148. The van der Waals surface area contributed by atoms with Crippen molar-refractivity contribution in [2.45, 2.75) is 137 Å². The van der Waals surface area contributed by atoms with Crippen LogP contribution in [0.3, 0.4) is 0 Å². The molecular weight excluding hydrogens is 852 g/mol. The Bertz CT molecular complexity index is 2080. The standard InChI is InChI=1S/C39H50O24/c1-11-21(44)26(49)29(52)36(56-11)55-10-19-24(47)33(61-38-31(54)28(51)23(46)18(9-40)59-38)35(63-37-30(53)27(50)22(45)12(2)57-37)39(60-19)62-34-25(48)20-16(43)7-15(42)8-17(20)58-32(34)13-3-5-14(41)6-4-13/h3-8,11-12,18-19,21-24,26-31,33,35-47,49-54H,9-10H2,1-2H3. The number of fused-ring (bicyclic) bond motifs is 1. The van der Waals surface area contributed by atoms with E-state index in [1.807, 2.05) is 0 Å². The van der Waals surface area contributed by atoms with Gasteiger partial charge in [-0.1, -0.05) is 0 Å². The molecule has 0 aliphatic carbocycles. The van der Waals surface area contributed by atoms with E-state index in [0.29, 0.717) is 0 Å². The number of hydrogen-bond acceptors (Lipinski definition) is 24. The first-order valence-corrected chi connectivity index (χ1v) is 19.8. The highest BCUT2D eigenvalue weighted by molar-refractivity contribution is 5.88. The van der Waals surface area contributed by atoms with Crippen LogP contribution in [0.2, 0.25) is 0 Å². The number of hydrogen-bond donors (Lipinski definition) is 14. The van der Waals surface area contributed by atoms with E-state index in [1.54, 1.807) is 0 Å². The molecule has 2 aromatic carbocycles. The van der Waals surface area contributed by atoms with Crippen LogP contribution in [0.1, 0.15) is 13.8 Å². The molecule has 24 heteroatoms. The van der Waals surface area contributed by atoms with Gasteiger partial charge in [0.2, 0.25) is 17.5 Å². The van der Waals surface area contributed by atoms with E-state index in [1.165, 1.54) is 38.1 Å². The molecule has 63 heavy (non-hydrogen) atoms. The van der Waals surface area contributed by atoms with Crippen molar-refractivity contribution in [1.29, 1.82) is 0 Å². The molecule has 0 saturated carbocycles. The van der Waals surface area contributed by atoms with Gasteiger partial charge in [0.25, 0.3) is 0 Å². The Balaban J connectivity index is 1.35. The normalized spacial score (nSPS) is 41.1. The Labute approximate surface area is 355 Å². The van der Waals surface area contributed by atoms with Crippen molar-refractivity contribution in [2.75, 3.05) is 13.2 Å². The third-order valence-electron chi connectivity index (χ3n) is 11.4. The minimum atomic E-state index is -2.13. The molecule has 1 aromatic heterocycles. The van der Waals surface area contributed by atoms with Crippen molar-refractivity contribution in [2.24, 2.45) is 0 Å². The number of aliphatic hydroxyl groups excluding tert-OH is 11. The highest BCUT2D eigenvalue weighted by Crippen LogP contribution is 2.40. The van der Waals surface area contributed by atoms with Crippen molar-refractivity contribution in [3.05, 3.63) is 46.6 Å². The van der Waals surface area contributed by atoms with Gasteiger partial charge in [-0.2, -0.15) is 0 Å². The van der Waals surface area contributed by atoms with E-state index in [2.05, 4.69) is 0 Å². The maximum absolute atomic E-state index is 14.4. The first-order valence-electron chi connectivity index (χ1n) is 19.8. The second-order valence-corrected chi connectivity index (χ2v) is 15.7. The van der Waals surface area contributed by atoms with E-state index in [4.69, 9.17) is 42.3 Å². The first-order chi connectivity index (χ1) is 29.8. The molecule has 4 aliphatic heterocycles. The van der Waals surface area contributed by atoms with Crippen LogP contribution in [0.5, 0.6) is 23.0 Å². The Kier molecular flexibility index (Phi) is 14.1. The molecule has 3 aromatic rings. The molecule has 350 valence electrons. The monoisotopic (exact) mass is 902 g/mol. The summed E-state index contributed by atoms with van der Waals surface area (Å²) in [6.07, 6.45) is -36.2. The summed E-state index contributed by atoms with van der Waals surface area (Å²) in [5.41, 5.74) is -1.39. The number of aliphatic hydroxyl groups is 11. The lowest BCUT2D eigenvalue weighted by Gasteiger charge is -2.49. The molecule has 0 bridgehead atoms. The van der Waals surface area contributed by atoms with Crippen LogP contribution in [0.25, 0.3) is 22.3 Å². The molecule has 24 nitrogen and oxygen atoms in total. The van der Waals surface area contributed by atoms with Gasteiger partial charge in [-0.05, 0) is 38.1 Å². The van der Waals surface area contributed by atoms with Crippen molar-refractivity contribution in [1.82, 2.24) is 0 Å². The number of phenolic OH excluding ortho intramolecular Hbond substituents is 3. The molecule has 4 fully saturated rings. The lowest BCUT2D eigenvalue weighted by molar-refractivity contribution is -0.386. The summed E-state index contributed by atoms with van der Waals surface area (Å²) < 4.78 is 53.0. The van der Waals surface area contributed by atoms with Gasteiger partial charge in [0, 0.05) is 17.7 Å². The average Bonchev–Trinajstić information content (AvgIpc) is 3.25. The van der Waals surface area contributed by atoms with E-state index >= 15 is 0 Å². The lowest BCUT2D eigenvalue weighted by atomic mass is 9.96. The minimum absolute atomic E-state index is 0.0576. The van der Waals surface area contributed by atoms with E-state index < -0.39 is 170 Å². The topological polar surface area (TPSA) is 387 Å². The summed E-state index contributed by atoms with van der Waals surface area (Å²) in [6, 6.07) is 6.91. The molecule has 14 N–H and O–H groups in total. The summed E-state index contributed by atoms with van der Waals surface area (Å²) in [5.74, 6) is -2.65. The van der Waals surface area contributed by atoms with Crippen LogP contribution in [0, 0.1) is 0 Å². The van der Waals surface area contributed by atoms with Crippen molar-refractivity contribution >= 4 is 11.0 Å². The van der Waals surface area contributed by atoms with Gasteiger partial charge in [-0.3, -0.25) is 4.79 Å². The molecular formula is C39H50O24. The van der Waals surface area contributed by atoms with E-state index in [0.717, 1.165) is 12.1 Å². The molecule has 20 atom stereocenters. The van der Waals surface area contributed by atoms with E-state index in [-0.39, 0.29) is 16.9 Å². The Morgan fingerprint density at radius 3 is 1.73 bits per heavy atom. The molecule has 4 aliphatic rings. The SMILES string of the molecule is CC1OC(OCC2OC(Oc3c(-c4ccc(O)cc4)oc4cc(O)cc(O)c4c3=O)C(OC3OC(C)C(O)C(O)C3O)C(OC3OC(CO)C(O)C(O)C3O)C2O)C(O)C(O)C1O. The Morgan fingerprint density at radius 1 is 0.571 bits per heavy atom. The molecule has 4 saturated heterocycles. The zero-order chi connectivity index (χ0) is 45.8. The third-order valence-corrected chi connectivity index (χ3v) is 11.4. The van der Waals surface area contributed by atoms with Crippen LogP contribution < -0.4 is 10.2 Å². The van der Waals surface area contributed by atoms with Gasteiger partial charge >= 0.3 is 0 Å². The zero-order valence-corrected chi connectivity index (χ0v) is 33.3. The molecule has 0 radical (unpaired) electrons. The number of benzene rings is 2. The van der Waals surface area contributed by atoms with Gasteiger partial charge in [0.15, 0.2) is 30.7 Å². The van der Waals surface area contributed by atoms with Crippen molar-refractivity contribution in [3.8, 4) is 34.3 Å². The summed E-state index contributed by atoms with van der Waals surface area (Å²) in [7, 11) is 0. The quantitative estimate of drug-likeness (QED) is 0.0859. The fourth-order valence-corrected chi connectivity index (χ4v) is 7.67. The maximum Gasteiger partial charge on any atom is 0.239 e. The van der Waals surface area contributed by atoms with Crippen molar-refractivity contribution < 1.29 is 114 Å². The zero-order valence-electron chi connectivity index (χ0n) is 33.3. The molecule has 5 heterocycles. The van der Waals surface area contributed by atoms with Crippen LogP contribution >= 0.6 is 0 Å². The summed E-state index contributed by atoms with van der Waals surface area (Å²) in [4.78, 5) is 14.4. The highest BCUT2D eigenvalue weighted by atomic mass is 16.8. The number of aromatic hydroxyl groups is 3. The highest BCUT2D eigenvalue weighted by Gasteiger charge is 2.56. The van der Waals surface area contributed by atoms with Crippen LogP contribution in [-0.4, -0.2) is 208 Å². The minimum Gasteiger partial charge on any atom is -0.508 e. The number of ether oxygens (including phenoxy) is 8. The fraction of sp³-hybridized carbons (Fsp3) is 0.615. The predicted molar refractivity (Wildman–Crippen MR) is 202 cm³/mol. The third kappa shape index (κ3) is 9.19. The van der Waals surface area contributed by atoms with Gasteiger partial charge in [-0.25, -0.2) is 0 Å². The van der Waals surface area contributed by atoms with Gasteiger partial charge in [0.05, 0.1) is 25.4 Å². The van der Waals surface area contributed by atoms with Crippen LogP contribution in [-0.2, 0) is 33.2 Å². The second kappa shape index (κ2) is 18.9. The summed E-state index contributed by atoms with van der Waals surface area (Å²) in [6.45, 7) is 0.977. The van der Waals surface area contributed by atoms with Gasteiger partial charge in [0.1, 0.15) is 108 Å². The van der Waals surface area contributed by atoms with Gasteiger partial charge < -0.3 is 114 Å². The van der Waals surface area contributed by atoms with Crippen LogP contribution in [0.4, 0.5) is 0 Å². The smallest absolute Gasteiger partial charge is 0.239 e. The Hall–Kier alpha value is -3.87. The predicted octanol–water partition coefficient (Wildman–Crippen LogP) is -4.72. The molecule has 7 rings (SSSR count). The largest absolute Gasteiger partial charge is 0.508 e. The number of rotatable bonds is 11. The first kappa shape index (κ1) is 47.1. The average molecular weight is 903 g/mol. The molecule has 0 amide bonds. The second-order valence-electron chi connectivity index (χ2n) is 15.7. The maximum atomic E-state index is 14.4. The summed E-state index contributed by atoms with van der Waals surface area (Å²) >= 11 is 0. The Morgan fingerprint density at radius 2 is 1.11 bits per heavy atom. The van der Waals surface area contributed by atoms with Crippen molar-refractivity contribution in [3.63, 3.8) is 0 Å². The van der Waals surface area contributed by atoms with Crippen LogP contribution in [0.15, 0.2) is 45.6 Å².